The van der Waals surface area contributed by atoms with Gasteiger partial charge in [0, 0.05) is 47.7 Å². The summed E-state index contributed by atoms with van der Waals surface area (Å²) in [4.78, 5) is 24.5. The number of amides is 1. The lowest BCUT2D eigenvalue weighted by Crippen LogP contribution is -2.32. The number of para-hydroxylation sites is 1. The second kappa shape index (κ2) is 10.8. The van der Waals surface area contributed by atoms with Gasteiger partial charge in [0.05, 0.1) is 17.3 Å². The molecule has 1 aliphatic carbocycles. The minimum atomic E-state index is -0.347. The Kier molecular flexibility index (Phi) is 7.24. The lowest BCUT2D eigenvalue weighted by molar-refractivity contribution is -0.117. The van der Waals surface area contributed by atoms with E-state index in [0.29, 0.717) is 35.0 Å². The number of benzene rings is 2. The first-order valence-corrected chi connectivity index (χ1v) is 12.9. The summed E-state index contributed by atoms with van der Waals surface area (Å²) in [7, 11) is 2.00. The molecule has 3 aromatic rings. The third kappa shape index (κ3) is 5.75. The first-order valence-electron chi connectivity index (χ1n) is 12.9. The topological polar surface area (TPSA) is 104 Å². The predicted octanol–water partition coefficient (Wildman–Crippen LogP) is 4.82. The molecule has 0 spiro atoms. The van der Waals surface area contributed by atoms with Gasteiger partial charge in [-0.2, -0.15) is 0 Å². The van der Waals surface area contributed by atoms with Crippen molar-refractivity contribution in [3.05, 3.63) is 89.0 Å². The number of allylic oxidation sites excluding steroid dienone is 1. The van der Waals surface area contributed by atoms with Crippen molar-refractivity contribution in [2.45, 2.75) is 31.7 Å². The summed E-state index contributed by atoms with van der Waals surface area (Å²) in [5, 5.41) is 14.2. The number of halogens is 1. The van der Waals surface area contributed by atoms with E-state index in [2.05, 4.69) is 15.2 Å². The fourth-order valence-corrected chi connectivity index (χ4v) is 4.70. The molecule has 4 N–H and O–H groups in total. The van der Waals surface area contributed by atoms with Gasteiger partial charge in [0.25, 0.3) is 5.91 Å². The molecule has 1 amide bonds. The van der Waals surface area contributed by atoms with Crippen LogP contribution >= 0.6 is 0 Å². The third-order valence-corrected chi connectivity index (χ3v) is 7.20. The van der Waals surface area contributed by atoms with E-state index in [1.165, 1.54) is 18.3 Å². The van der Waals surface area contributed by atoms with E-state index in [4.69, 9.17) is 10.7 Å². The van der Waals surface area contributed by atoms with Crippen LogP contribution in [0.1, 0.15) is 43.0 Å². The number of carbonyl (C=O) groups excluding carboxylic acids is 1. The number of aromatic hydroxyl groups is 1. The lowest BCUT2D eigenvalue weighted by Gasteiger charge is -2.20. The second-order valence-electron chi connectivity index (χ2n) is 10.1. The van der Waals surface area contributed by atoms with E-state index in [9.17, 15) is 14.3 Å². The van der Waals surface area contributed by atoms with Crippen molar-refractivity contribution in [1.29, 1.82) is 0 Å². The Hall–Kier alpha value is -4.04. The van der Waals surface area contributed by atoms with Crippen LogP contribution in [0, 0.1) is 11.7 Å². The molecule has 5 rings (SSSR count). The van der Waals surface area contributed by atoms with Gasteiger partial charge in [-0.15, -0.1) is 0 Å². The monoisotopic (exact) mass is 513 g/mol. The molecule has 2 heterocycles. The van der Waals surface area contributed by atoms with E-state index < -0.39 is 0 Å². The van der Waals surface area contributed by atoms with Crippen LogP contribution in [0.15, 0.2) is 76.9 Å². The Labute approximate surface area is 221 Å². The molecule has 0 bridgehead atoms. The number of hydrogen-bond acceptors (Lipinski definition) is 6. The van der Waals surface area contributed by atoms with Crippen LogP contribution in [-0.2, 0) is 4.79 Å². The number of hydrogen-bond donors (Lipinski definition) is 3. The molecule has 1 saturated carbocycles. The molecular weight excluding hydrogens is 481 g/mol. The first kappa shape index (κ1) is 25.6. The summed E-state index contributed by atoms with van der Waals surface area (Å²) in [6.07, 6.45) is 3.59. The van der Waals surface area contributed by atoms with Crippen LogP contribution in [-0.4, -0.2) is 47.2 Å². The number of carbonyl (C=O) groups is 1. The highest BCUT2D eigenvalue weighted by atomic mass is 19.1. The minimum Gasteiger partial charge on any atom is -0.505 e. The van der Waals surface area contributed by atoms with E-state index in [1.807, 2.05) is 43.4 Å². The van der Waals surface area contributed by atoms with Gasteiger partial charge in [0.2, 0.25) is 0 Å². The minimum absolute atomic E-state index is 0.0352. The fraction of sp³-hybridized carbons (Fsp3) is 0.300. The van der Waals surface area contributed by atoms with Gasteiger partial charge in [-0.05, 0) is 75.2 Å². The molecule has 2 aliphatic rings. The van der Waals surface area contributed by atoms with Crippen molar-refractivity contribution in [3.8, 4) is 17.0 Å². The van der Waals surface area contributed by atoms with Gasteiger partial charge in [0.1, 0.15) is 17.3 Å². The molecule has 3 unspecified atom stereocenters. The largest absolute Gasteiger partial charge is 0.505 e. The number of aliphatic imine (C=N–C) groups is 1. The Balaban J connectivity index is 1.41. The maximum Gasteiger partial charge on any atom is 0.254 e. The summed E-state index contributed by atoms with van der Waals surface area (Å²) < 4.78 is 13.6. The zero-order valence-electron chi connectivity index (χ0n) is 21.6. The van der Waals surface area contributed by atoms with Crippen LogP contribution in [0.5, 0.6) is 5.75 Å². The lowest BCUT2D eigenvalue weighted by atomic mass is 9.94. The van der Waals surface area contributed by atoms with Gasteiger partial charge in [-0.3, -0.25) is 14.7 Å². The smallest absolute Gasteiger partial charge is 0.254 e. The predicted molar refractivity (Wildman–Crippen MR) is 147 cm³/mol. The van der Waals surface area contributed by atoms with Crippen LogP contribution in [0.3, 0.4) is 0 Å². The van der Waals surface area contributed by atoms with Gasteiger partial charge >= 0.3 is 0 Å². The van der Waals surface area contributed by atoms with Crippen molar-refractivity contribution < 1.29 is 14.3 Å². The zero-order valence-corrected chi connectivity index (χ0v) is 21.6. The number of nitrogens with one attached hydrogen (secondary N) is 1. The number of rotatable bonds is 9. The normalized spacial score (nSPS) is 20.2. The van der Waals surface area contributed by atoms with Crippen LogP contribution in [0.25, 0.3) is 11.3 Å². The van der Waals surface area contributed by atoms with Crippen molar-refractivity contribution >= 4 is 17.8 Å². The summed E-state index contributed by atoms with van der Waals surface area (Å²) >= 11 is 0. The zero-order chi connectivity index (χ0) is 26.8. The molecule has 1 aliphatic heterocycles. The van der Waals surface area contributed by atoms with Crippen LogP contribution in [0.4, 0.5) is 10.1 Å². The average Bonchev–Trinajstić information content (AvgIpc) is 3.84. The number of likely N-dealkylation sites (N-methyl/N-ethyl adjacent to an activating group) is 1. The second-order valence-corrected chi connectivity index (χ2v) is 10.1. The Morgan fingerprint density at radius 1 is 1.24 bits per heavy atom. The molecule has 196 valence electrons. The number of pyridine rings is 1. The standard InChI is InChI=1S/C30H32FN5O2/c1-18(32)24(15-33-22-6-4-3-5-7-22)30(38)34-16-25(19-8-9-19)26-14-23(27-17-36(27)2)29(37)28(35-26)20-10-12-21(31)13-11-20/h3-7,10-15,19,25,27,37H,8-9,16-17,32H2,1-2H3,(H,34,38)/b24-18+,33-15?. The Bertz CT molecular complexity index is 1380. The quantitative estimate of drug-likeness (QED) is 0.216. The molecular formula is C30H32FN5O2. The maximum atomic E-state index is 13.6. The summed E-state index contributed by atoms with van der Waals surface area (Å²) in [5.41, 5.74) is 10.2. The van der Waals surface area contributed by atoms with Crippen molar-refractivity contribution in [3.63, 3.8) is 0 Å². The number of nitrogens with two attached hydrogens (primary N) is 1. The third-order valence-electron chi connectivity index (χ3n) is 7.20. The van der Waals surface area contributed by atoms with Gasteiger partial charge < -0.3 is 16.2 Å². The van der Waals surface area contributed by atoms with Crippen LogP contribution < -0.4 is 11.1 Å². The molecule has 3 atom stereocenters. The highest BCUT2D eigenvalue weighted by Gasteiger charge is 2.38. The molecule has 2 aromatic carbocycles. The summed E-state index contributed by atoms with van der Waals surface area (Å²) in [6, 6.07) is 17.4. The molecule has 8 heteroatoms. The van der Waals surface area contributed by atoms with E-state index in [0.717, 1.165) is 36.3 Å². The Morgan fingerprint density at radius 3 is 2.53 bits per heavy atom. The highest BCUT2D eigenvalue weighted by Crippen LogP contribution is 2.47. The molecule has 0 radical (unpaired) electrons. The van der Waals surface area contributed by atoms with E-state index in [-0.39, 0.29) is 29.4 Å². The number of nitrogens with zero attached hydrogens (tertiary/aromatic N) is 3. The Morgan fingerprint density at radius 2 is 1.92 bits per heavy atom. The summed E-state index contributed by atoms with van der Waals surface area (Å²) in [5.74, 6) is -0.182. The van der Waals surface area contributed by atoms with Crippen LogP contribution in [0.2, 0.25) is 0 Å². The van der Waals surface area contributed by atoms with Crippen molar-refractivity contribution in [1.82, 2.24) is 15.2 Å². The molecule has 7 nitrogen and oxygen atoms in total. The molecule has 1 saturated heterocycles. The fourth-order valence-electron chi connectivity index (χ4n) is 4.70. The van der Waals surface area contributed by atoms with E-state index >= 15 is 0 Å². The van der Waals surface area contributed by atoms with Gasteiger partial charge in [-0.25, -0.2) is 9.37 Å². The SMILES string of the molecule is C/C(N)=C(/C=Nc1ccccc1)C(=O)NCC(c1cc(C2CN2C)c(O)c(-c2ccc(F)cc2)n1)C1CC1. The number of aromatic nitrogens is 1. The average molecular weight is 514 g/mol. The highest BCUT2D eigenvalue weighted by molar-refractivity contribution is 6.13. The molecule has 38 heavy (non-hydrogen) atoms. The molecule has 1 aromatic heterocycles. The first-order chi connectivity index (χ1) is 18.3. The van der Waals surface area contributed by atoms with E-state index in [1.54, 1.807) is 19.1 Å². The van der Waals surface area contributed by atoms with Crippen molar-refractivity contribution in [2.24, 2.45) is 16.6 Å². The molecule has 2 fully saturated rings. The summed E-state index contributed by atoms with van der Waals surface area (Å²) in [6.45, 7) is 2.90. The van der Waals surface area contributed by atoms with Gasteiger partial charge in [0.15, 0.2) is 0 Å². The van der Waals surface area contributed by atoms with Gasteiger partial charge in [-0.1, -0.05) is 18.2 Å². The van der Waals surface area contributed by atoms with Crippen molar-refractivity contribution in [2.75, 3.05) is 20.1 Å². The maximum absolute atomic E-state index is 13.6.